The first-order valence-corrected chi connectivity index (χ1v) is 6.02. The second kappa shape index (κ2) is 8.05. The molecule has 0 rings (SSSR count). The Kier molecular flexibility index (Phi) is 7.87. The lowest BCUT2D eigenvalue weighted by Gasteiger charge is -2.21. The van der Waals surface area contributed by atoms with Crippen LogP contribution in [0.4, 0.5) is 0 Å². The van der Waals surface area contributed by atoms with Crippen molar-refractivity contribution in [3.63, 3.8) is 0 Å². The summed E-state index contributed by atoms with van der Waals surface area (Å²) in [7, 11) is 0. The molecule has 0 saturated carbocycles. The van der Waals surface area contributed by atoms with E-state index in [9.17, 15) is 0 Å². The van der Waals surface area contributed by atoms with Crippen LogP contribution in [0.3, 0.4) is 0 Å². The molecule has 1 heteroatoms. The average Bonchev–Trinajstić information content (AvgIpc) is 2.13. The highest BCUT2D eigenvalue weighted by atomic mass is 14.9. The number of hydrogen-bond donors (Lipinski definition) is 1. The van der Waals surface area contributed by atoms with E-state index in [0.717, 1.165) is 12.8 Å². The molecule has 1 nitrogen and oxygen atoms in total. The molecule has 0 radical (unpaired) electrons. The normalized spacial score (nSPS) is 13.2. The number of hydrogen-bond acceptors (Lipinski definition) is 1. The molecule has 0 aromatic heterocycles. The van der Waals surface area contributed by atoms with Crippen LogP contribution in [0.2, 0.25) is 0 Å². The molecule has 1 unspecified atom stereocenters. The topological polar surface area (TPSA) is 12.0 Å². The van der Waals surface area contributed by atoms with Gasteiger partial charge in [0.2, 0.25) is 0 Å². The third-order valence-corrected chi connectivity index (χ3v) is 2.51. The minimum absolute atomic E-state index is 0.585. The molecule has 0 amide bonds. The van der Waals surface area contributed by atoms with Gasteiger partial charge >= 0.3 is 0 Å². The minimum Gasteiger partial charge on any atom is -0.311 e. The van der Waals surface area contributed by atoms with Gasteiger partial charge < -0.3 is 5.32 Å². The van der Waals surface area contributed by atoms with Crippen LogP contribution in [-0.4, -0.2) is 12.1 Å². The van der Waals surface area contributed by atoms with Gasteiger partial charge in [0.1, 0.15) is 0 Å². The number of unbranched alkanes of at least 4 members (excludes halogenated alkanes) is 1. The van der Waals surface area contributed by atoms with Crippen LogP contribution in [0.1, 0.15) is 59.8 Å². The molecular weight excluding hydrogens is 170 g/mol. The van der Waals surface area contributed by atoms with Crippen molar-refractivity contribution in [2.24, 2.45) is 0 Å². The summed E-state index contributed by atoms with van der Waals surface area (Å²) in [5.41, 5.74) is 1.37. The van der Waals surface area contributed by atoms with E-state index < -0.39 is 0 Å². The predicted octanol–water partition coefficient (Wildman–Crippen LogP) is 3.90. The van der Waals surface area contributed by atoms with Crippen molar-refractivity contribution in [1.82, 2.24) is 5.32 Å². The molecule has 0 bridgehead atoms. The molecule has 0 fully saturated rings. The van der Waals surface area contributed by atoms with Gasteiger partial charge in [-0.25, -0.2) is 0 Å². The Hall–Kier alpha value is -0.300. The smallest absolute Gasteiger partial charge is 0.0106 e. The van der Waals surface area contributed by atoms with Gasteiger partial charge in [-0.2, -0.15) is 0 Å². The van der Waals surface area contributed by atoms with Gasteiger partial charge in [0.05, 0.1) is 0 Å². The first-order chi connectivity index (χ1) is 6.60. The molecule has 0 aliphatic heterocycles. The summed E-state index contributed by atoms with van der Waals surface area (Å²) < 4.78 is 0. The second-order valence-corrected chi connectivity index (χ2v) is 4.47. The van der Waals surface area contributed by atoms with Crippen LogP contribution in [-0.2, 0) is 0 Å². The van der Waals surface area contributed by atoms with E-state index in [1.54, 1.807) is 0 Å². The monoisotopic (exact) mass is 197 g/mol. The summed E-state index contributed by atoms with van der Waals surface area (Å²) in [6.07, 6.45) is 6.15. The van der Waals surface area contributed by atoms with Crippen molar-refractivity contribution in [1.29, 1.82) is 0 Å². The average molecular weight is 197 g/mol. The fourth-order valence-electron chi connectivity index (χ4n) is 1.66. The summed E-state index contributed by atoms with van der Waals surface area (Å²) in [5.74, 6) is 0. The summed E-state index contributed by atoms with van der Waals surface area (Å²) in [5, 5.41) is 3.62. The summed E-state index contributed by atoms with van der Waals surface area (Å²) in [4.78, 5) is 0. The van der Waals surface area contributed by atoms with Gasteiger partial charge in [-0.15, -0.1) is 0 Å². The van der Waals surface area contributed by atoms with Gasteiger partial charge in [-0.3, -0.25) is 0 Å². The molecule has 0 aliphatic carbocycles. The lowest BCUT2D eigenvalue weighted by Crippen LogP contribution is -2.35. The minimum atomic E-state index is 0.585. The molecule has 84 valence electrons. The van der Waals surface area contributed by atoms with Crippen molar-refractivity contribution < 1.29 is 0 Å². The lowest BCUT2D eigenvalue weighted by molar-refractivity contribution is 0.422. The highest BCUT2D eigenvalue weighted by molar-refractivity contribution is 4.96. The van der Waals surface area contributed by atoms with Crippen molar-refractivity contribution >= 4 is 0 Å². The van der Waals surface area contributed by atoms with Gasteiger partial charge in [0.15, 0.2) is 0 Å². The van der Waals surface area contributed by atoms with Crippen LogP contribution < -0.4 is 5.32 Å². The Morgan fingerprint density at radius 2 is 1.93 bits per heavy atom. The van der Waals surface area contributed by atoms with E-state index in [1.807, 2.05) is 0 Å². The molecule has 0 saturated heterocycles. The molecule has 0 aromatic rings. The van der Waals surface area contributed by atoms with Gasteiger partial charge in [0, 0.05) is 12.1 Å². The lowest BCUT2D eigenvalue weighted by atomic mass is 10.00. The Bertz CT molecular complexity index is 149. The highest BCUT2D eigenvalue weighted by Crippen LogP contribution is 2.12. The first kappa shape index (κ1) is 13.7. The van der Waals surface area contributed by atoms with E-state index >= 15 is 0 Å². The van der Waals surface area contributed by atoms with E-state index in [2.05, 4.69) is 39.6 Å². The zero-order valence-corrected chi connectivity index (χ0v) is 10.4. The standard InChI is InChI=1S/C13H27N/c1-6-8-9-13(14-11(3)4)10-12(5)7-2/h11,13-14H,5-10H2,1-4H3. The molecule has 14 heavy (non-hydrogen) atoms. The summed E-state index contributed by atoms with van der Waals surface area (Å²) >= 11 is 0. The fourth-order valence-corrected chi connectivity index (χ4v) is 1.66. The molecule has 0 heterocycles. The number of nitrogens with one attached hydrogen (secondary N) is 1. The zero-order valence-electron chi connectivity index (χ0n) is 10.4. The zero-order chi connectivity index (χ0) is 11.0. The SMILES string of the molecule is C=C(CC)CC(CCCC)NC(C)C. The van der Waals surface area contributed by atoms with Crippen LogP contribution in [0.5, 0.6) is 0 Å². The molecule has 0 spiro atoms. The van der Waals surface area contributed by atoms with Crippen LogP contribution in [0, 0.1) is 0 Å². The van der Waals surface area contributed by atoms with Crippen molar-refractivity contribution in [2.75, 3.05) is 0 Å². The Morgan fingerprint density at radius 1 is 1.29 bits per heavy atom. The van der Waals surface area contributed by atoms with Gasteiger partial charge in [0.25, 0.3) is 0 Å². The van der Waals surface area contributed by atoms with E-state index in [0.29, 0.717) is 12.1 Å². The third-order valence-electron chi connectivity index (χ3n) is 2.51. The Balaban J connectivity index is 3.89. The summed E-state index contributed by atoms with van der Waals surface area (Å²) in [6.45, 7) is 13.0. The largest absolute Gasteiger partial charge is 0.311 e. The quantitative estimate of drug-likeness (QED) is 0.582. The Labute approximate surface area is 90.0 Å². The maximum atomic E-state index is 4.09. The van der Waals surface area contributed by atoms with Crippen molar-refractivity contribution in [3.05, 3.63) is 12.2 Å². The third kappa shape index (κ3) is 7.14. The highest BCUT2D eigenvalue weighted by Gasteiger charge is 2.09. The van der Waals surface area contributed by atoms with Gasteiger partial charge in [-0.1, -0.05) is 52.7 Å². The van der Waals surface area contributed by atoms with Crippen LogP contribution >= 0.6 is 0 Å². The Morgan fingerprint density at radius 3 is 2.36 bits per heavy atom. The molecular formula is C13H27N. The van der Waals surface area contributed by atoms with Crippen LogP contribution in [0.15, 0.2) is 12.2 Å². The number of rotatable bonds is 8. The first-order valence-electron chi connectivity index (χ1n) is 6.02. The van der Waals surface area contributed by atoms with E-state index in [4.69, 9.17) is 0 Å². The fraction of sp³-hybridized carbons (Fsp3) is 0.846. The molecule has 1 N–H and O–H groups in total. The van der Waals surface area contributed by atoms with E-state index in [-0.39, 0.29) is 0 Å². The predicted molar refractivity (Wildman–Crippen MR) is 65.6 cm³/mol. The van der Waals surface area contributed by atoms with Crippen LogP contribution in [0.25, 0.3) is 0 Å². The summed E-state index contributed by atoms with van der Waals surface area (Å²) in [6, 6.07) is 1.23. The molecule has 1 atom stereocenters. The van der Waals surface area contributed by atoms with Crippen molar-refractivity contribution in [3.8, 4) is 0 Å². The second-order valence-electron chi connectivity index (χ2n) is 4.47. The maximum Gasteiger partial charge on any atom is 0.0106 e. The molecule has 0 aliphatic rings. The molecule has 0 aromatic carbocycles. The van der Waals surface area contributed by atoms with E-state index in [1.165, 1.54) is 24.8 Å². The van der Waals surface area contributed by atoms with Crippen molar-refractivity contribution in [2.45, 2.75) is 71.9 Å². The van der Waals surface area contributed by atoms with Gasteiger partial charge in [-0.05, 0) is 19.3 Å². The maximum absolute atomic E-state index is 4.09.